The summed E-state index contributed by atoms with van der Waals surface area (Å²) in [6.45, 7) is 0.246. The van der Waals surface area contributed by atoms with Gasteiger partial charge in [0.1, 0.15) is 16.5 Å². The van der Waals surface area contributed by atoms with Crippen molar-refractivity contribution >= 4 is 15.7 Å². The zero-order valence-corrected chi connectivity index (χ0v) is 11.7. The predicted octanol–water partition coefficient (Wildman–Crippen LogP) is 1.38. The molecule has 0 heterocycles. The second-order valence-electron chi connectivity index (χ2n) is 4.34. The molecule has 0 amide bonds. The van der Waals surface area contributed by atoms with Gasteiger partial charge < -0.3 is 10.8 Å². The molecule has 20 heavy (non-hydrogen) atoms. The molecular weight excluding hydrogens is 290 g/mol. The number of benzene rings is 1. The number of nitrogens with one attached hydrogen (secondary N) is 1. The molecule has 0 bridgehead atoms. The van der Waals surface area contributed by atoms with Crippen molar-refractivity contribution in [3.05, 3.63) is 23.8 Å². The molecule has 0 aromatic heterocycles. The first-order valence-electron chi connectivity index (χ1n) is 6.23. The van der Waals surface area contributed by atoms with E-state index >= 15 is 0 Å². The van der Waals surface area contributed by atoms with Crippen molar-refractivity contribution in [2.75, 3.05) is 18.9 Å². The van der Waals surface area contributed by atoms with Gasteiger partial charge >= 0.3 is 0 Å². The molecule has 0 radical (unpaired) electrons. The number of sulfonamides is 1. The number of aliphatic hydroxyl groups is 1. The van der Waals surface area contributed by atoms with Crippen LogP contribution < -0.4 is 10.5 Å². The van der Waals surface area contributed by atoms with E-state index in [2.05, 4.69) is 4.72 Å². The molecule has 4 N–H and O–H groups in total. The van der Waals surface area contributed by atoms with E-state index in [4.69, 9.17) is 10.8 Å². The van der Waals surface area contributed by atoms with E-state index < -0.39 is 32.2 Å². The van der Waals surface area contributed by atoms with Gasteiger partial charge in [-0.15, -0.1) is 0 Å². The molecule has 0 saturated heterocycles. The van der Waals surface area contributed by atoms with Gasteiger partial charge in [-0.2, -0.15) is 0 Å². The molecular formula is C12H18F2N2O3S. The monoisotopic (exact) mass is 308 g/mol. The summed E-state index contributed by atoms with van der Waals surface area (Å²) in [5.74, 6) is -2.17. The lowest BCUT2D eigenvalue weighted by molar-refractivity contribution is 0.282. The Hall–Kier alpha value is -1.25. The summed E-state index contributed by atoms with van der Waals surface area (Å²) < 4.78 is 52.3. The number of hydrogen-bond acceptors (Lipinski definition) is 4. The van der Waals surface area contributed by atoms with Crippen LogP contribution >= 0.6 is 0 Å². The number of anilines is 1. The summed E-state index contributed by atoms with van der Waals surface area (Å²) in [5.41, 5.74) is 4.82. The van der Waals surface area contributed by atoms with Gasteiger partial charge in [-0.3, -0.25) is 0 Å². The summed E-state index contributed by atoms with van der Waals surface area (Å²) in [7, 11) is -4.04. The average molecular weight is 308 g/mol. The predicted molar refractivity (Wildman–Crippen MR) is 71.5 cm³/mol. The molecule has 0 aliphatic carbocycles. The van der Waals surface area contributed by atoms with Gasteiger partial charge in [0.2, 0.25) is 10.0 Å². The quantitative estimate of drug-likeness (QED) is 0.499. The highest BCUT2D eigenvalue weighted by atomic mass is 32.2. The maximum Gasteiger partial charge on any atom is 0.243 e. The first-order valence-corrected chi connectivity index (χ1v) is 7.72. The van der Waals surface area contributed by atoms with Gasteiger partial charge in [-0.05, 0) is 18.9 Å². The third-order valence-corrected chi connectivity index (χ3v) is 4.19. The summed E-state index contributed by atoms with van der Waals surface area (Å²) in [6.07, 6.45) is 2.76. The molecule has 0 fully saturated rings. The van der Waals surface area contributed by atoms with E-state index in [1.54, 1.807) is 0 Å². The number of hydrogen-bond donors (Lipinski definition) is 3. The Morgan fingerprint density at radius 2 is 1.75 bits per heavy atom. The summed E-state index contributed by atoms with van der Waals surface area (Å²) >= 11 is 0. The molecule has 114 valence electrons. The summed E-state index contributed by atoms with van der Waals surface area (Å²) in [4.78, 5) is -0.660. The Morgan fingerprint density at radius 3 is 2.40 bits per heavy atom. The topological polar surface area (TPSA) is 92.4 Å². The fourth-order valence-corrected chi connectivity index (χ4v) is 2.79. The van der Waals surface area contributed by atoms with Crippen molar-refractivity contribution < 1.29 is 22.3 Å². The van der Waals surface area contributed by atoms with Crippen molar-refractivity contribution in [3.63, 3.8) is 0 Å². The lowest BCUT2D eigenvalue weighted by atomic mass is 10.2. The summed E-state index contributed by atoms with van der Waals surface area (Å²) in [6, 6.07) is 1.21. The minimum absolute atomic E-state index is 0.103. The molecule has 5 nitrogen and oxygen atoms in total. The highest BCUT2D eigenvalue weighted by molar-refractivity contribution is 7.89. The zero-order chi connectivity index (χ0) is 15.2. The van der Waals surface area contributed by atoms with Crippen molar-refractivity contribution in [2.24, 2.45) is 0 Å². The maximum atomic E-state index is 13.5. The smallest absolute Gasteiger partial charge is 0.243 e. The van der Waals surface area contributed by atoms with Crippen LogP contribution in [0.15, 0.2) is 17.0 Å². The maximum absolute atomic E-state index is 13.5. The Labute approximate surface area is 116 Å². The molecule has 1 aromatic rings. The molecule has 0 atom stereocenters. The highest BCUT2D eigenvalue weighted by Gasteiger charge is 2.20. The van der Waals surface area contributed by atoms with Crippen molar-refractivity contribution in [1.82, 2.24) is 4.72 Å². The summed E-state index contributed by atoms with van der Waals surface area (Å²) in [5, 5.41) is 8.58. The van der Waals surface area contributed by atoms with Crippen LogP contribution in [-0.4, -0.2) is 26.7 Å². The lowest BCUT2D eigenvalue weighted by Crippen LogP contribution is -2.26. The van der Waals surface area contributed by atoms with Gasteiger partial charge in [-0.25, -0.2) is 21.9 Å². The molecule has 0 saturated carbocycles. The Morgan fingerprint density at radius 1 is 1.10 bits per heavy atom. The second kappa shape index (κ2) is 7.51. The molecule has 1 aromatic carbocycles. The molecule has 8 heteroatoms. The van der Waals surface area contributed by atoms with Crippen LogP contribution in [0.25, 0.3) is 0 Å². The van der Waals surface area contributed by atoms with Crippen LogP contribution in [0.3, 0.4) is 0 Å². The van der Waals surface area contributed by atoms with Crippen LogP contribution in [-0.2, 0) is 10.0 Å². The number of nitrogen functional groups attached to an aromatic ring is 1. The number of rotatable bonds is 8. The first kappa shape index (κ1) is 16.8. The third-order valence-electron chi connectivity index (χ3n) is 2.72. The normalized spacial score (nSPS) is 11.8. The fraction of sp³-hybridized carbons (Fsp3) is 0.500. The van der Waals surface area contributed by atoms with Gasteiger partial charge in [0.15, 0.2) is 0 Å². The van der Waals surface area contributed by atoms with E-state index in [-0.39, 0.29) is 13.2 Å². The first-order chi connectivity index (χ1) is 9.38. The standard InChI is InChI=1S/C12H18F2N2O3S/c13-9-7-10(14)12(8-11(9)15)20(18,19)16-5-3-1-2-4-6-17/h7-8,16-17H,1-6,15H2. The van der Waals surface area contributed by atoms with Crippen LogP contribution in [0.4, 0.5) is 14.5 Å². The van der Waals surface area contributed by atoms with Crippen LogP contribution in [0.5, 0.6) is 0 Å². The number of halogens is 2. The van der Waals surface area contributed by atoms with Crippen molar-refractivity contribution in [2.45, 2.75) is 30.6 Å². The minimum Gasteiger partial charge on any atom is -0.396 e. The SMILES string of the molecule is Nc1cc(S(=O)(=O)NCCCCCCO)c(F)cc1F. The number of nitrogens with two attached hydrogens (primary N) is 1. The second-order valence-corrected chi connectivity index (χ2v) is 6.08. The average Bonchev–Trinajstić information content (AvgIpc) is 2.37. The van der Waals surface area contributed by atoms with E-state index in [1.807, 2.05) is 0 Å². The van der Waals surface area contributed by atoms with E-state index in [0.717, 1.165) is 18.9 Å². The Bertz CT molecular complexity index is 550. The molecule has 0 unspecified atom stereocenters. The van der Waals surface area contributed by atoms with E-state index in [9.17, 15) is 17.2 Å². The molecule has 0 aliphatic rings. The van der Waals surface area contributed by atoms with Gasteiger partial charge in [0, 0.05) is 19.2 Å². The number of aliphatic hydroxyl groups excluding tert-OH is 1. The van der Waals surface area contributed by atoms with Gasteiger partial charge in [-0.1, -0.05) is 12.8 Å². The third kappa shape index (κ3) is 4.69. The fourth-order valence-electron chi connectivity index (χ4n) is 1.63. The number of unbranched alkanes of at least 4 members (excludes halogenated alkanes) is 3. The van der Waals surface area contributed by atoms with Crippen LogP contribution in [0.2, 0.25) is 0 Å². The van der Waals surface area contributed by atoms with Crippen LogP contribution in [0, 0.1) is 11.6 Å². The molecule has 0 spiro atoms. The Kier molecular flexibility index (Phi) is 6.31. The van der Waals surface area contributed by atoms with Crippen molar-refractivity contribution in [3.8, 4) is 0 Å². The minimum atomic E-state index is -4.04. The van der Waals surface area contributed by atoms with E-state index in [0.29, 0.717) is 18.9 Å². The van der Waals surface area contributed by atoms with E-state index in [1.165, 1.54) is 0 Å². The van der Waals surface area contributed by atoms with Gasteiger partial charge in [0.25, 0.3) is 0 Å². The Balaban J connectivity index is 2.63. The largest absolute Gasteiger partial charge is 0.396 e. The van der Waals surface area contributed by atoms with Crippen LogP contribution in [0.1, 0.15) is 25.7 Å². The lowest BCUT2D eigenvalue weighted by Gasteiger charge is -2.09. The molecule has 1 rings (SSSR count). The zero-order valence-electron chi connectivity index (χ0n) is 10.9. The van der Waals surface area contributed by atoms with Gasteiger partial charge in [0.05, 0.1) is 5.69 Å². The molecule has 0 aliphatic heterocycles. The van der Waals surface area contributed by atoms with Crippen molar-refractivity contribution in [1.29, 1.82) is 0 Å². The highest BCUT2D eigenvalue weighted by Crippen LogP contribution is 2.20.